The van der Waals surface area contributed by atoms with Crippen molar-refractivity contribution in [2.75, 3.05) is 6.54 Å². The van der Waals surface area contributed by atoms with Gasteiger partial charge >= 0.3 is 0 Å². The number of amides is 1. The van der Waals surface area contributed by atoms with Crippen molar-refractivity contribution in [2.24, 2.45) is 5.92 Å². The van der Waals surface area contributed by atoms with Crippen molar-refractivity contribution in [3.05, 3.63) is 21.4 Å². The molecule has 2 aliphatic carbocycles. The van der Waals surface area contributed by atoms with Gasteiger partial charge < -0.3 is 10.4 Å². The zero-order valence-corrected chi connectivity index (χ0v) is 11.3. The first-order valence-corrected chi connectivity index (χ1v) is 7.69. The van der Waals surface area contributed by atoms with Gasteiger partial charge in [-0.15, -0.1) is 11.3 Å². The van der Waals surface area contributed by atoms with Gasteiger partial charge in [0.1, 0.15) is 0 Å². The van der Waals surface area contributed by atoms with Crippen LogP contribution in [0, 0.1) is 5.92 Å². The Kier molecular flexibility index (Phi) is 3.39. The molecule has 4 heteroatoms. The van der Waals surface area contributed by atoms with Crippen molar-refractivity contribution in [1.29, 1.82) is 0 Å². The molecule has 1 heterocycles. The summed E-state index contributed by atoms with van der Waals surface area (Å²) in [5.41, 5.74) is 2.10. The van der Waals surface area contributed by atoms with Crippen molar-refractivity contribution in [3.63, 3.8) is 0 Å². The lowest BCUT2D eigenvalue weighted by molar-refractivity contribution is 0.0900. The maximum atomic E-state index is 12.1. The third-order valence-corrected chi connectivity index (χ3v) is 5.03. The molecule has 3 rings (SSSR count). The van der Waals surface area contributed by atoms with Gasteiger partial charge in [0.25, 0.3) is 5.91 Å². The number of carbonyl (C=O) groups is 1. The number of nitrogens with one attached hydrogen (secondary N) is 1. The molecule has 1 saturated carbocycles. The first kappa shape index (κ1) is 12.2. The standard InChI is InChI=1S/C14H19NO2S/c16-12(9-5-6-9)7-15-14(17)11-8-18-13-4-2-1-3-10(11)13/h8-9,12,16H,1-7H2,(H,15,17). The molecule has 0 aromatic carbocycles. The molecule has 1 amide bonds. The zero-order chi connectivity index (χ0) is 12.5. The largest absolute Gasteiger partial charge is 0.391 e. The molecular weight excluding hydrogens is 246 g/mol. The lowest BCUT2D eigenvalue weighted by atomic mass is 9.95. The summed E-state index contributed by atoms with van der Waals surface area (Å²) in [6.45, 7) is 0.397. The molecule has 1 aromatic heterocycles. The van der Waals surface area contributed by atoms with Crippen molar-refractivity contribution in [1.82, 2.24) is 5.32 Å². The number of fused-ring (bicyclic) bond motifs is 1. The summed E-state index contributed by atoms with van der Waals surface area (Å²) in [6, 6.07) is 0. The summed E-state index contributed by atoms with van der Waals surface area (Å²) in [6.07, 6.45) is 6.44. The molecular formula is C14H19NO2S. The molecule has 0 radical (unpaired) electrons. The Bertz CT molecular complexity index is 451. The Balaban J connectivity index is 1.62. The molecule has 18 heavy (non-hydrogen) atoms. The monoisotopic (exact) mass is 265 g/mol. The molecule has 1 aromatic rings. The van der Waals surface area contributed by atoms with E-state index in [1.807, 2.05) is 5.38 Å². The van der Waals surface area contributed by atoms with E-state index in [0.29, 0.717) is 12.5 Å². The van der Waals surface area contributed by atoms with Crippen molar-refractivity contribution in [2.45, 2.75) is 44.6 Å². The summed E-state index contributed by atoms with van der Waals surface area (Å²) in [7, 11) is 0. The van der Waals surface area contributed by atoms with Crippen LogP contribution in [0.15, 0.2) is 5.38 Å². The highest BCUT2D eigenvalue weighted by Gasteiger charge is 2.30. The van der Waals surface area contributed by atoms with E-state index in [-0.39, 0.29) is 12.0 Å². The molecule has 1 atom stereocenters. The Morgan fingerprint density at radius 1 is 1.44 bits per heavy atom. The quantitative estimate of drug-likeness (QED) is 0.876. The molecule has 0 saturated heterocycles. The second-order valence-electron chi connectivity index (χ2n) is 5.37. The number of aliphatic hydroxyl groups excluding tert-OH is 1. The maximum absolute atomic E-state index is 12.1. The molecule has 98 valence electrons. The lowest BCUT2D eigenvalue weighted by Crippen LogP contribution is -2.33. The molecule has 2 N–H and O–H groups in total. The van der Waals surface area contributed by atoms with E-state index in [4.69, 9.17) is 0 Å². The highest BCUT2D eigenvalue weighted by molar-refractivity contribution is 7.10. The summed E-state index contributed by atoms with van der Waals surface area (Å²) in [5.74, 6) is 0.413. The van der Waals surface area contributed by atoms with E-state index in [0.717, 1.165) is 31.2 Å². The van der Waals surface area contributed by atoms with E-state index in [2.05, 4.69) is 5.32 Å². The van der Waals surface area contributed by atoms with Crippen molar-refractivity contribution < 1.29 is 9.90 Å². The fourth-order valence-electron chi connectivity index (χ4n) is 2.62. The highest BCUT2D eigenvalue weighted by Crippen LogP contribution is 2.32. The minimum Gasteiger partial charge on any atom is -0.391 e. The summed E-state index contributed by atoms with van der Waals surface area (Å²) < 4.78 is 0. The van der Waals surface area contributed by atoms with Gasteiger partial charge in [-0.05, 0) is 50.0 Å². The molecule has 2 aliphatic rings. The molecule has 1 unspecified atom stereocenters. The van der Waals surface area contributed by atoms with Gasteiger partial charge in [-0.2, -0.15) is 0 Å². The second-order valence-corrected chi connectivity index (χ2v) is 6.34. The van der Waals surface area contributed by atoms with Crippen LogP contribution in [-0.4, -0.2) is 23.7 Å². The van der Waals surface area contributed by atoms with Gasteiger partial charge in [-0.1, -0.05) is 0 Å². The third-order valence-electron chi connectivity index (χ3n) is 3.94. The molecule has 3 nitrogen and oxygen atoms in total. The Hall–Kier alpha value is -0.870. The van der Waals surface area contributed by atoms with E-state index < -0.39 is 0 Å². The van der Waals surface area contributed by atoms with E-state index in [1.165, 1.54) is 23.3 Å². The number of aryl methyl sites for hydroxylation is 1. The Morgan fingerprint density at radius 3 is 3.00 bits per heavy atom. The van der Waals surface area contributed by atoms with Crippen molar-refractivity contribution in [3.8, 4) is 0 Å². The number of thiophene rings is 1. The van der Waals surface area contributed by atoms with Gasteiger partial charge in [0.2, 0.25) is 0 Å². The SMILES string of the molecule is O=C(NCC(O)C1CC1)c1csc2c1CCCC2. The van der Waals surface area contributed by atoms with Crippen LogP contribution in [-0.2, 0) is 12.8 Å². The number of aliphatic hydroxyl groups is 1. The van der Waals surface area contributed by atoms with E-state index in [9.17, 15) is 9.90 Å². The molecule has 1 fully saturated rings. The maximum Gasteiger partial charge on any atom is 0.252 e. The van der Waals surface area contributed by atoms with Crippen LogP contribution in [0.2, 0.25) is 0 Å². The first-order chi connectivity index (χ1) is 8.75. The zero-order valence-electron chi connectivity index (χ0n) is 10.4. The molecule has 0 bridgehead atoms. The van der Waals surface area contributed by atoms with Crippen LogP contribution in [0.1, 0.15) is 46.5 Å². The van der Waals surface area contributed by atoms with Crippen LogP contribution in [0.4, 0.5) is 0 Å². The summed E-state index contributed by atoms with van der Waals surface area (Å²) in [5, 5.41) is 14.6. The van der Waals surface area contributed by atoms with Crippen LogP contribution >= 0.6 is 11.3 Å². The smallest absolute Gasteiger partial charge is 0.252 e. The second kappa shape index (κ2) is 5.02. The number of rotatable bonds is 4. The lowest BCUT2D eigenvalue weighted by Gasteiger charge is -2.14. The van der Waals surface area contributed by atoms with Gasteiger partial charge in [-0.3, -0.25) is 4.79 Å². The van der Waals surface area contributed by atoms with Gasteiger partial charge in [-0.25, -0.2) is 0 Å². The normalized spacial score (nSPS) is 20.3. The molecule has 0 aliphatic heterocycles. The topological polar surface area (TPSA) is 49.3 Å². The van der Waals surface area contributed by atoms with E-state index >= 15 is 0 Å². The van der Waals surface area contributed by atoms with Crippen molar-refractivity contribution >= 4 is 17.2 Å². The Morgan fingerprint density at radius 2 is 2.22 bits per heavy atom. The minimum absolute atomic E-state index is 0.00546. The van der Waals surface area contributed by atoms with Crippen LogP contribution in [0.5, 0.6) is 0 Å². The highest BCUT2D eigenvalue weighted by atomic mass is 32.1. The average molecular weight is 265 g/mol. The van der Waals surface area contributed by atoms with Gasteiger partial charge in [0, 0.05) is 16.8 Å². The summed E-state index contributed by atoms with van der Waals surface area (Å²) in [4.78, 5) is 13.5. The Labute approximate surface area is 111 Å². The predicted molar refractivity (Wildman–Crippen MR) is 72.0 cm³/mol. The number of hydrogen-bond acceptors (Lipinski definition) is 3. The number of hydrogen-bond donors (Lipinski definition) is 2. The first-order valence-electron chi connectivity index (χ1n) is 6.81. The van der Waals surface area contributed by atoms with Gasteiger partial charge in [0.05, 0.1) is 11.7 Å². The van der Waals surface area contributed by atoms with Gasteiger partial charge in [0.15, 0.2) is 0 Å². The fraction of sp³-hybridized carbons (Fsp3) is 0.643. The fourth-order valence-corrected chi connectivity index (χ4v) is 3.75. The van der Waals surface area contributed by atoms with E-state index in [1.54, 1.807) is 11.3 Å². The van der Waals surface area contributed by atoms with Crippen LogP contribution in [0.3, 0.4) is 0 Å². The minimum atomic E-state index is -0.358. The predicted octanol–water partition coefficient (Wildman–Crippen LogP) is 2.13. The van der Waals surface area contributed by atoms with Crippen LogP contribution < -0.4 is 5.32 Å². The van der Waals surface area contributed by atoms with Crippen LogP contribution in [0.25, 0.3) is 0 Å². The third kappa shape index (κ3) is 2.45. The number of carbonyl (C=O) groups excluding carboxylic acids is 1. The molecule has 0 spiro atoms. The average Bonchev–Trinajstić information content (AvgIpc) is 3.15. The summed E-state index contributed by atoms with van der Waals surface area (Å²) >= 11 is 1.71.